The van der Waals surface area contributed by atoms with Crippen molar-refractivity contribution in [3.05, 3.63) is 84.1 Å². The van der Waals surface area contributed by atoms with E-state index in [2.05, 4.69) is 5.32 Å². The minimum Gasteiger partial charge on any atom is -0.497 e. The second kappa shape index (κ2) is 13.5. The van der Waals surface area contributed by atoms with Crippen molar-refractivity contribution >= 4 is 17.6 Å². The Hall–Kier alpha value is -4.79. The number of unbranched alkanes of at least 4 members (excludes halogenated alkanes) is 1. The van der Waals surface area contributed by atoms with E-state index in [0.29, 0.717) is 35.2 Å². The molecule has 1 aromatic heterocycles. The number of hydrogen-bond acceptors (Lipinski definition) is 6. The number of anilines is 1. The van der Waals surface area contributed by atoms with E-state index in [4.69, 9.17) is 19.3 Å². The highest BCUT2D eigenvalue weighted by Crippen LogP contribution is 2.34. The Labute approximate surface area is 240 Å². The standard InChI is InChI=1S/C32H36N4O5/c1-6-7-17-35(32(38)24-18-27(40-4)20-28(19-24)41-5)21-29(37)33-31-30(23-11-9-8-10-12-23)22(2)34-36(31)25-13-15-26(39-3)16-14-25/h8-16,18-20H,6-7,17,21H2,1-5H3,(H,33,37). The van der Waals surface area contributed by atoms with E-state index < -0.39 is 0 Å². The Balaban J connectivity index is 1.68. The van der Waals surface area contributed by atoms with Crippen LogP contribution >= 0.6 is 0 Å². The van der Waals surface area contributed by atoms with Gasteiger partial charge in [-0.15, -0.1) is 0 Å². The molecule has 1 N–H and O–H groups in total. The number of rotatable bonds is 12. The van der Waals surface area contributed by atoms with Gasteiger partial charge in [-0.2, -0.15) is 5.10 Å². The van der Waals surface area contributed by atoms with Crippen molar-refractivity contribution < 1.29 is 23.8 Å². The Bertz CT molecular complexity index is 1460. The molecule has 0 aliphatic carbocycles. The molecule has 4 aromatic rings. The van der Waals surface area contributed by atoms with Gasteiger partial charge in [-0.1, -0.05) is 43.7 Å². The molecule has 2 amide bonds. The van der Waals surface area contributed by atoms with Gasteiger partial charge < -0.3 is 24.4 Å². The van der Waals surface area contributed by atoms with E-state index in [1.165, 1.54) is 14.2 Å². The largest absolute Gasteiger partial charge is 0.497 e. The van der Waals surface area contributed by atoms with Crippen LogP contribution in [0.3, 0.4) is 0 Å². The highest BCUT2D eigenvalue weighted by atomic mass is 16.5. The summed E-state index contributed by atoms with van der Waals surface area (Å²) >= 11 is 0. The van der Waals surface area contributed by atoms with Gasteiger partial charge in [-0.3, -0.25) is 9.59 Å². The number of aromatic nitrogens is 2. The van der Waals surface area contributed by atoms with Crippen LogP contribution in [0.2, 0.25) is 0 Å². The quantitative estimate of drug-likeness (QED) is 0.239. The van der Waals surface area contributed by atoms with Crippen LogP contribution in [0.4, 0.5) is 5.82 Å². The zero-order valence-corrected chi connectivity index (χ0v) is 24.1. The monoisotopic (exact) mass is 556 g/mol. The summed E-state index contributed by atoms with van der Waals surface area (Å²) in [5, 5.41) is 7.84. The molecule has 0 bridgehead atoms. The number of ether oxygens (including phenoxy) is 3. The lowest BCUT2D eigenvalue weighted by Crippen LogP contribution is -2.39. The summed E-state index contributed by atoms with van der Waals surface area (Å²) in [7, 11) is 4.67. The number of aryl methyl sites for hydroxylation is 1. The third kappa shape index (κ3) is 6.87. The molecular weight excluding hydrogens is 520 g/mol. The van der Waals surface area contributed by atoms with Gasteiger partial charge in [0.05, 0.1) is 32.7 Å². The summed E-state index contributed by atoms with van der Waals surface area (Å²) in [5.41, 5.74) is 3.62. The average Bonchev–Trinajstić information content (AvgIpc) is 3.33. The van der Waals surface area contributed by atoms with Crippen molar-refractivity contribution in [1.29, 1.82) is 0 Å². The number of methoxy groups -OCH3 is 3. The first kappa shape index (κ1) is 29.2. The van der Waals surface area contributed by atoms with Gasteiger partial charge in [0.15, 0.2) is 0 Å². The molecule has 41 heavy (non-hydrogen) atoms. The van der Waals surface area contributed by atoms with Crippen LogP contribution in [-0.4, -0.2) is 60.9 Å². The minimum absolute atomic E-state index is 0.139. The fraction of sp³-hybridized carbons (Fsp3) is 0.281. The normalized spacial score (nSPS) is 10.7. The Morgan fingerprint density at radius 2 is 1.51 bits per heavy atom. The maximum absolute atomic E-state index is 13.6. The molecule has 1 heterocycles. The second-order valence-corrected chi connectivity index (χ2v) is 9.51. The number of amides is 2. The Kier molecular flexibility index (Phi) is 9.63. The Morgan fingerprint density at radius 1 is 0.878 bits per heavy atom. The summed E-state index contributed by atoms with van der Waals surface area (Å²) < 4.78 is 17.7. The van der Waals surface area contributed by atoms with Gasteiger partial charge in [-0.25, -0.2) is 4.68 Å². The van der Waals surface area contributed by atoms with Gasteiger partial charge in [0.2, 0.25) is 5.91 Å². The SMILES string of the molecule is CCCCN(CC(=O)Nc1c(-c2ccccc2)c(C)nn1-c1ccc(OC)cc1)C(=O)c1cc(OC)cc(OC)c1. The molecule has 3 aromatic carbocycles. The van der Waals surface area contributed by atoms with Crippen molar-refractivity contribution in [2.45, 2.75) is 26.7 Å². The number of hydrogen-bond donors (Lipinski definition) is 1. The van der Waals surface area contributed by atoms with Crippen molar-refractivity contribution in [2.24, 2.45) is 0 Å². The van der Waals surface area contributed by atoms with Crippen LogP contribution in [0.15, 0.2) is 72.8 Å². The van der Waals surface area contributed by atoms with Gasteiger partial charge in [-0.05, 0) is 55.3 Å². The highest BCUT2D eigenvalue weighted by molar-refractivity contribution is 6.01. The van der Waals surface area contributed by atoms with E-state index in [0.717, 1.165) is 35.3 Å². The molecule has 0 aliphatic rings. The van der Waals surface area contributed by atoms with Gasteiger partial charge in [0.1, 0.15) is 29.6 Å². The maximum atomic E-state index is 13.6. The molecular formula is C32H36N4O5. The molecule has 0 radical (unpaired) electrons. The first-order valence-electron chi connectivity index (χ1n) is 13.5. The predicted molar refractivity (Wildman–Crippen MR) is 159 cm³/mol. The predicted octanol–water partition coefficient (Wildman–Crippen LogP) is 5.75. The zero-order chi connectivity index (χ0) is 29.4. The third-order valence-electron chi connectivity index (χ3n) is 6.70. The molecule has 0 saturated heterocycles. The van der Waals surface area contributed by atoms with E-state index in [1.807, 2.05) is 68.4 Å². The van der Waals surface area contributed by atoms with E-state index in [-0.39, 0.29) is 18.4 Å². The van der Waals surface area contributed by atoms with Crippen molar-refractivity contribution in [1.82, 2.24) is 14.7 Å². The average molecular weight is 557 g/mol. The van der Waals surface area contributed by atoms with Crippen LogP contribution in [0.1, 0.15) is 35.8 Å². The van der Waals surface area contributed by atoms with E-state index in [1.54, 1.807) is 34.9 Å². The number of nitrogens with zero attached hydrogens (tertiary/aromatic N) is 3. The lowest BCUT2D eigenvalue weighted by molar-refractivity contribution is -0.116. The van der Waals surface area contributed by atoms with Crippen LogP contribution in [0, 0.1) is 6.92 Å². The van der Waals surface area contributed by atoms with Crippen LogP contribution in [0.25, 0.3) is 16.8 Å². The molecule has 9 nitrogen and oxygen atoms in total. The summed E-state index contributed by atoms with van der Waals surface area (Å²) in [4.78, 5) is 28.8. The molecule has 4 rings (SSSR count). The Morgan fingerprint density at radius 3 is 2.10 bits per heavy atom. The second-order valence-electron chi connectivity index (χ2n) is 9.51. The summed E-state index contributed by atoms with van der Waals surface area (Å²) in [5.74, 6) is 1.61. The van der Waals surface area contributed by atoms with E-state index >= 15 is 0 Å². The number of benzene rings is 3. The van der Waals surface area contributed by atoms with Crippen molar-refractivity contribution in [3.8, 4) is 34.1 Å². The molecule has 0 saturated carbocycles. The van der Waals surface area contributed by atoms with Crippen LogP contribution < -0.4 is 19.5 Å². The zero-order valence-electron chi connectivity index (χ0n) is 24.1. The highest BCUT2D eigenvalue weighted by Gasteiger charge is 2.24. The van der Waals surface area contributed by atoms with E-state index in [9.17, 15) is 9.59 Å². The summed E-state index contributed by atoms with van der Waals surface area (Å²) in [6.07, 6.45) is 1.62. The topological polar surface area (TPSA) is 94.9 Å². The van der Waals surface area contributed by atoms with Gasteiger partial charge in [0, 0.05) is 23.7 Å². The molecule has 9 heteroatoms. The lowest BCUT2D eigenvalue weighted by atomic mass is 10.1. The lowest BCUT2D eigenvalue weighted by Gasteiger charge is -2.23. The van der Waals surface area contributed by atoms with Gasteiger partial charge in [0.25, 0.3) is 5.91 Å². The molecule has 0 aliphatic heterocycles. The first-order valence-corrected chi connectivity index (χ1v) is 13.5. The van der Waals surface area contributed by atoms with Crippen molar-refractivity contribution in [2.75, 3.05) is 39.7 Å². The molecule has 0 spiro atoms. The number of carbonyl (C=O) groups excluding carboxylic acids is 2. The van der Waals surface area contributed by atoms with Crippen LogP contribution in [0.5, 0.6) is 17.2 Å². The third-order valence-corrected chi connectivity index (χ3v) is 6.70. The minimum atomic E-state index is -0.337. The maximum Gasteiger partial charge on any atom is 0.254 e. The molecule has 0 atom stereocenters. The van der Waals surface area contributed by atoms with Crippen molar-refractivity contribution in [3.63, 3.8) is 0 Å². The number of carbonyl (C=O) groups is 2. The molecule has 0 unspecified atom stereocenters. The first-order chi connectivity index (χ1) is 19.9. The summed E-state index contributed by atoms with van der Waals surface area (Å²) in [6, 6.07) is 22.2. The van der Waals surface area contributed by atoms with Crippen LogP contribution in [-0.2, 0) is 4.79 Å². The molecule has 214 valence electrons. The fourth-order valence-corrected chi connectivity index (χ4v) is 4.56. The molecule has 0 fully saturated rings. The number of nitrogens with one attached hydrogen (secondary N) is 1. The smallest absolute Gasteiger partial charge is 0.254 e. The summed E-state index contributed by atoms with van der Waals surface area (Å²) in [6.45, 7) is 4.23. The van der Waals surface area contributed by atoms with Gasteiger partial charge >= 0.3 is 0 Å². The fourth-order valence-electron chi connectivity index (χ4n) is 4.56.